The average molecular weight is 627 g/mol. The van der Waals surface area contributed by atoms with Crippen LogP contribution in [-0.2, 0) is 4.79 Å². The minimum Gasteiger partial charge on any atom is -0.360 e. The van der Waals surface area contributed by atoms with Gasteiger partial charge in [0.1, 0.15) is 5.78 Å². The van der Waals surface area contributed by atoms with Crippen molar-refractivity contribution in [1.82, 2.24) is 29.2 Å². The highest BCUT2D eigenvalue weighted by Crippen LogP contribution is 2.33. The van der Waals surface area contributed by atoms with Crippen LogP contribution in [-0.4, -0.2) is 48.1 Å². The van der Waals surface area contributed by atoms with Gasteiger partial charge in [0, 0.05) is 36.1 Å². The maximum atomic E-state index is 13.9. The van der Waals surface area contributed by atoms with Crippen LogP contribution in [0.25, 0.3) is 32.4 Å². The zero-order valence-electron chi connectivity index (χ0n) is 25.9. The number of Topliss-reactive ketones (excluding diaryl/α,β-unsaturated/α-hetero) is 1. The van der Waals surface area contributed by atoms with Gasteiger partial charge in [0.05, 0.1) is 23.8 Å². The van der Waals surface area contributed by atoms with E-state index in [0.29, 0.717) is 11.8 Å². The Hall–Kier alpha value is -4.09. The summed E-state index contributed by atoms with van der Waals surface area (Å²) in [5.41, 5.74) is 5.74. The van der Waals surface area contributed by atoms with Crippen LogP contribution in [0.5, 0.6) is 0 Å². The van der Waals surface area contributed by atoms with E-state index in [9.17, 15) is 4.79 Å². The molecule has 0 aliphatic heterocycles. The molecule has 0 aliphatic rings. The summed E-state index contributed by atoms with van der Waals surface area (Å²) in [4.78, 5) is 24.7. The number of imidazole rings is 2. The molecule has 2 unspecified atom stereocenters. The van der Waals surface area contributed by atoms with E-state index in [4.69, 9.17) is 10.2 Å². The van der Waals surface area contributed by atoms with Crippen LogP contribution >= 0.6 is 22.7 Å². The lowest BCUT2D eigenvalue weighted by Gasteiger charge is -2.18. The quantitative estimate of drug-likeness (QED) is 0.143. The highest BCUT2D eigenvalue weighted by atomic mass is 32.1. The van der Waals surface area contributed by atoms with Gasteiger partial charge in [-0.1, -0.05) is 101 Å². The zero-order chi connectivity index (χ0) is 31.0. The van der Waals surface area contributed by atoms with Gasteiger partial charge >= 0.3 is 0 Å². The molecule has 6 aromatic rings. The second-order valence-corrected chi connectivity index (χ2v) is 14.0. The van der Waals surface area contributed by atoms with Crippen LogP contribution in [0.4, 0.5) is 10.3 Å². The second-order valence-electron chi connectivity index (χ2n) is 12.1. The molecule has 0 fully saturated rings. The molecule has 0 saturated heterocycles. The van der Waals surface area contributed by atoms with Gasteiger partial charge in [-0.25, -0.2) is 19.0 Å². The molecular formula is C33H38N8OS2. The van der Waals surface area contributed by atoms with Crippen LogP contribution < -0.4 is 10.6 Å². The van der Waals surface area contributed by atoms with Gasteiger partial charge < -0.3 is 10.6 Å². The Morgan fingerprint density at radius 3 is 1.55 bits per heavy atom. The molecule has 0 saturated carbocycles. The number of nitrogens with one attached hydrogen (secondary N) is 2. The van der Waals surface area contributed by atoms with Crippen molar-refractivity contribution >= 4 is 48.6 Å². The lowest BCUT2D eigenvalue weighted by molar-refractivity contribution is -0.121. The molecule has 6 rings (SSSR count). The molecule has 11 heteroatoms. The highest BCUT2D eigenvalue weighted by Gasteiger charge is 2.24. The van der Waals surface area contributed by atoms with Crippen molar-refractivity contribution in [2.24, 2.45) is 11.8 Å². The first-order valence-corrected chi connectivity index (χ1v) is 16.7. The molecule has 0 spiro atoms. The van der Waals surface area contributed by atoms with Crippen molar-refractivity contribution in [1.29, 1.82) is 0 Å². The topological polar surface area (TPSA) is 102 Å². The first-order chi connectivity index (χ1) is 21.2. The minimum absolute atomic E-state index is 0.166. The molecule has 44 heavy (non-hydrogen) atoms. The van der Waals surface area contributed by atoms with Gasteiger partial charge in [0.15, 0.2) is 0 Å². The largest absolute Gasteiger partial charge is 0.360 e. The number of ketones is 1. The number of carbonyl (C=O) groups is 1. The van der Waals surface area contributed by atoms with Crippen molar-refractivity contribution in [3.8, 4) is 22.5 Å². The molecule has 228 valence electrons. The third-order valence-electron chi connectivity index (χ3n) is 7.71. The molecular weight excluding hydrogens is 589 g/mol. The molecule has 0 bridgehead atoms. The third kappa shape index (κ3) is 6.11. The summed E-state index contributed by atoms with van der Waals surface area (Å²) in [6.07, 6.45) is 3.70. The molecule has 4 heterocycles. The monoisotopic (exact) mass is 626 g/mol. The van der Waals surface area contributed by atoms with Crippen molar-refractivity contribution in [2.75, 3.05) is 23.7 Å². The van der Waals surface area contributed by atoms with Crippen molar-refractivity contribution in [3.63, 3.8) is 0 Å². The second kappa shape index (κ2) is 12.5. The Bertz CT molecular complexity index is 1780. The summed E-state index contributed by atoms with van der Waals surface area (Å²) in [5, 5.41) is 18.0. The van der Waals surface area contributed by atoms with Gasteiger partial charge in [-0.3, -0.25) is 4.79 Å². The third-order valence-corrected chi connectivity index (χ3v) is 9.47. The maximum absolute atomic E-state index is 13.9. The lowest BCUT2D eigenvalue weighted by atomic mass is 9.85. The number of carbonyl (C=O) groups excluding carboxylic acids is 1. The van der Waals surface area contributed by atoms with E-state index < -0.39 is 0 Å². The van der Waals surface area contributed by atoms with Crippen molar-refractivity contribution in [3.05, 3.63) is 72.1 Å². The molecule has 0 radical (unpaired) electrons. The number of hydrogen-bond donors (Lipinski definition) is 2. The van der Waals surface area contributed by atoms with Gasteiger partial charge in [0.25, 0.3) is 0 Å². The van der Waals surface area contributed by atoms with E-state index in [-0.39, 0.29) is 17.6 Å². The van der Waals surface area contributed by atoms with Gasteiger partial charge in [-0.2, -0.15) is 0 Å². The van der Waals surface area contributed by atoms with Gasteiger partial charge in [0.2, 0.25) is 20.2 Å². The summed E-state index contributed by atoms with van der Waals surface area (Å²) < 4.78 is 3.76. The van der Waals surface area contributed by atoms with Crippen LogP contribution in [0, 0.1) is 11.8 Å². The fourth-order valence-corrected chi connectivity index (χ4v) is 6.71. The fourth-order valence-electron chi connectivity index (χ4n) is 5.14. The van der Waals surface area contributed by atoms with E-state index in [1.54, 1.807) is 22.7 Å². The average Bonchev–Trinajstić information content (AvgIpc) is 3.79. The zero-order valence-corrected chi connectivity index (χ0v) is 27.5. The first-order valence-electron chi connectivity index (χ1n) is 15.1. The Kier molecular flexibility index (Phi) is 8.50. The molecule has 0 aliphatic carbocycles. The number of nitrogens with zero attached hydrogens (tertiary/aromatic N) is 6. The summed E-state index contributed by atoms with van der Waals surface area (Å²) >= 11 is 3.08. The molecule has 4 aromatic heterocycles. The Morgan fingerprint density at radius 2 is 1.14 bits per heavy atom. The number of anilines is 2. The molecule has 2 aromatic carbocycles. The van der Waals surface area contributed by atoms with Crippen LogP contribution in [0.1, 0.15) is 64.5 Å². The summed E-state index contributed by atoms with van der Waals surface area (Å²) in [6.45, 7) is 14.4. The van der Waals surface area contributed by atoms with Crippen LogP contribution in [0.3, 0.4) is 0 Å². The normalized spacial score (nSPS) is 13.3. The van der Waals surface area contributed by atoms with Crippen LogP contribution in [0.15, 0.2) is 60.9 Å². The predicted octanol–water partition coefficient (Wildman–Crippen LogP) is 7.84. The van der Waals surface area contributed by atoms with Gasteiger partial charge in [-0.15, -0.1) is 10.2 Å². The van der Waals surface area contributed by atoms with E-state index in [0.717, 1.165) is 66.9 Å². The SMILES string of the molecule is CC(C)CNc1nn2c(-c3cccc(C(C)C(=O)C(C)c4cccc(-c5cnc6sc(NCC(C)C)nn56)c4)c3)cnc2s1. The Labute approximate surface area is 265 Å². The van der Waals surface area contributed by atoms with E-state index in [1.807, 2.05) is 71.7 Å². The number of aromatic nitrogens is 6. The number of fused-ring (bicyclic) bond motifs is 2. The van der Waals surface area contributed by atoms with Crippen molar-refractivity contribution in [2.45, 2.75) is 53.4 Å². The Balaban J connectivity index is 1.21. The Morgan fingerprint density at radius 1 is 0.705 bits per heavy atom. The smallest absolute Gasteiger partial charge is 0.214 e. The number of hydrogen-bond acceptors (Lipinski definition) is 9. The molecule has 0 amide bonds. The van der Waals surface area contributed by atoms with Gasteiger partial charge in [-0.05, 0) is 35.1 Å². The standard InChI is InChI=1S/C33H38N8OS2/c1-19(2)15-34-30-38-40-27(17-36-32(40)43-30)25-11-7-9-23(13-25)21(5)29(42)22(6)24-10-8-12-26(14-24)28-18-37-33-41(28)39-31(44-33)35-16-20(3)4/h7-14,17-22H,15-16H2,1-6H3,(H,34,38)(H,35,39). The van der Waals surface area contributed by atoms with Crippen molar-refractivity contribution < 1.29 is 4.79 Å². The fraction of sp³-hybridized carbons (Fsp3) is 0.364. The maximum Gasteiger partial charge on any atom is 0.214 e. The summed E-state index contributed by atoms with van der Waals surface area (Å²) in [5.74, 6) is 0.641. The number of rotatable bonds is 12. The van der Waals surface area contributed by atoms with Crippen LogP contribution in [0.2, 0.25) is 0 Å². The first kappa shape index (κ1) is 30.0. The lowest BCUT2D eigenvalue weighted by Crippen LogP contribution is -2.16. The molecule has 9 nitrogen and oxygen atoms in total. The summed E-state index contributed by atoms with van der Waals surface area (Å²) in [7, 11) is 0. The highest BCUT2D eigenvalue weighted by molar-refractivity contribution is 7.20. The van der Waals surface area contributed by atoms with E-state index in [2.05, 4.69) is 60.4 Å². The molecule has 2 atom stereocenters. The number of benzene rings is 2. The predicted molar refractivity (Wildman–Crippen MR) is 181 cm³/mol. The van der Waals surface area contributed by atoms with E-state index >= 15 is 0 Å². The summed E-state index contributed by atoms with van der Waals surface area (Å²) in [6, 6.07) is 16.3. The minimum atomic E-state index is -0.287. The van der Waals surface area contributed by atoms with E-state index in [1.165, 1.54) is 0 Å². The molecule has 2 N–H and O–H groups in total.